The number of imidazole rings is 1. The van der Waals surface area contributed by atoms with Gasteiger partial charge in [-0.15, -0.1) is 0 Å². The molecule has 1 aliphatic heterocycles. The van der Waals surface area contributed by atoms with Crippen molar-refractivity contribution in [3.8, 4) is 0 Å². The molecule has 1 unspecified atom stereocenters. The van der Waals surface area contributed by atoms with Gasteiger partial charge in [0.2, 0.25) is 0 Å². The number of para-hydroxylation sites is 2. The van der Waals surface area contributed by atoms with E-state index in [-0.39, 0.29) is 5.97 Å². The number of nitrogens with two attached hydrogens (primary N) is 1. The standard InChI is InChI=1S/C28H28ClN5O3S/c1-37-27(36)25(38-28-31-22-7-4-5-20(26(30)35)24(22)32-28)19-11-9-18(10-12-19)17-33-13-15-34(16-14-33)23-8-3-2-6-21(23)29/h2-12,25H,13-17H2,1H3,(H2,30,35)(H,31,32). The van der Waals surface area contributed by atoms with Crippen LogP contribution in [0.4, 0.5) is 5.69 Å². The van der Waals surface area contributed by atoms with E-state index in [1.165, 1.54) is 24.4 Å². The number of H-pyrrole nitrogens is 1. The van der Waals surface area contributed by atoms with Crippen molar-refractivity contribution in [2.45, 2.75) is 17.0 Å². The van der Waals surface area contributed by atoms with Crippen LogP contribution >= 0.6 is 23.4 Å². The molecule has 2 heterocycles. The molecule has 4 aromatic rings. The number of hydrogen-bond donors (Lipinski definition) is 2. The number of benzene rings is 3. The molecule has 3 aromatic carbocycles. The van der Waals surface area contributed by atoms with E-state index in [0.717, 1.165) is 49.0 Å². The lowest BCUT2D eigenvalue weighted by molar-refractivity contribution is -0.140. The zero-order valence-corrected chi connectivity index (χ0v) is 22.5. The topological polar surface area (TPSA) is 105 Å². The number of aromatic nitrogens is 2. The predicted octanol–water partition coefficient (Wildman–Crippen LogP) is 4.64. The Labute approximate surface area is 230 Å². The van der Waals surface area contributed by atoms with Gasteiger partial charge in [-0.05, 0) is 35.4 Å². The van der Waals surface area contributed by atoms with Crippen LogP contribution in [0.25, 0.3) is 11.0 Å². The highest BCUT2D eigenvalue weighted by molar-refractivity contribution is 8.00. The molecule has 1 aromatic heterocycles. The highest BCUT2D eigenvalue weighted by Crippen LogP contribution is 2.36. The molecule has 5 rings (SSSR count). The number of halogens is 1. The molecule has 0 bridgehead atoms. The van der Waals surface area contributed by atoms with E-state index in [1.807, 2.05) is 36.4 Å². The van der Waals surface area contributed by atoms with Gasteiger partial charge in [0.1, 0.15) is 10.8 Å². The van der Waals surface area contributed by atoms with E-state index in [1.54, 1.807) is 12.1 Å². The Morgan fingerprint density at radius 3 is 2.47 bits per heavy atom. The molecule has 1 atom stereocenters. The number of esters is 1. The summed E-state index contributed by atoms with van der Waals surface area (Å²) < 4.78 is 5.08. The minimum Gasteiger partial charge on any atom is -0.468 e. The first kappa shape index (κ1) is 26.1. The average Bonchev–Trinajstić information content (AvgIpc) is 3.35. The third-order valence-corrected chi connectivity index (χ3v) is 8.09. The van der Waals surface area contributed by atoms with E-state index in [4.69, 9.17) is 22.1 Å². The van der Waals surface area contributed by atoms with Crippen LogP contribution in [-0.2, 0) is 16.1 Å². The summed E-state index contributed by atoms with van der Waals surface area (Å²) in [5.41, 5.74) is 10.0. The molecule has 38 heavy (non-hydrogen) atoms. The molecular formula is C28H28ClN5O3S. The van der Waals surface area contributed by atoms with Crippen molar-refractivity contribution in [2.75, 3.05) is 38.2 Å². The Balaban J connectivity index is 1.26. The number of fused-ring (bicyclic) bond motifs is 1. The van der Waals surface area contributed by atoms with E-state index < -0.39 is 11.2 Å². The lowest BCUT2D eigenvalue weighted by Crippen LogP contribution is -2.46. The van der Waals surface area contributed by atoms with Crippen molar-refractivity contribution < 1.29 is 14.3 Å². The van der Waals surface area contributed by atoms with Gasteiger partial charge in [0.25, 0.3) is 5.91 Å². The van der Waals surface area contributed by atoms with Gasteiger partial charge in [0.15, 0.2) is 5.16 Å². The van der Waals surface area contributed by atoms with Gasteiger partial charge in [0, 0.05) is 32.7 Å². The number of rotatable bonds is 8. The maximum atomic E-state index is 12.7. The quantitative estimate of drug-likeness (QED) is 0.243. The van der Waals surface area contributed by atoms with Crippen molar-refractivity contribution in [3.05, 3.63) is 88.4 Å². The molecular weight excluding hydrogens is 522 g/mol. The Bertz CT molecular complexity index is 1450. The number of anilines is 1. The first-order valence-electron chi connectivity index (χ1n) is 12.3. The van der Waals surface area contributed by atoms with Gasteiger partial charge >= 0.3 is 5.97 Å². The number of primary amides is 1. The van der Waals surface area contributed by atoms with Gasteiger partial charge in [-0.25, -0.2) is 4.98 Å². The summed E-state index contributed by atoms with van der Waals surface area (Å²) in [6.45, 7) is 4.53. The largest absolute Gasteiger partial charge is 0.468 e. The smallest absolute Gasteiger partial charge is 0.323 e. The maximum Gasteiger partial charge on any atom is 0.323 e. The SMILES string of the molecule is COC(=O)C(Sc1nc2c(C(N)=O)cccc2[nH]1)c1ccc(CN2CCN(c3ccccc3Cl)CC2)cc1. The number of carbonyl (C=O) groups excluding carboxylic acids is 2. The number of amides is 1. The number of hydrogen-bond acceptors (Lipinski definition) is 7. The first-order valence-corrected chi connectivity index (χ1v) is 13.5. The zero-order valence-electron chi connectivity index (χ0n) is 20.9. The van der Waals surface area contributed by atoms with Crippen molar-refractivity contribution >= 4 is 52.0 Å². The van der Waals surface area contributed by atoms with Crippen molar-refractivity contribution in [1.29, 1.82) is 0 Å². The van der Waals surface area contributed by atoms with Crippen LogP contribution in [0.5, 0.6) is 0 Å². The fourth-order valence-electron chi connectivity index (χ4n) is 4.65. The number of nitrogens with zero attached hydrogens (tertiary/aromatic N) is 3. The maximum absolute atomic E-state index is 12.7. The number of methoxy groups -OCH3 is 1. The molecule has 8 nitrogen and oxygen atoms in total. The molecule has 1 fully saturated rings. The second-order valence-corrected chi connectivity index (χ2v) is 10.6. The predicted molar refractivity (Wildman–Crippen MR) is 151 cm³/mol. The minimum absolute atomic E-state index is 0.331. The Hall–Kier alpha value is -3.53. The number of carbonyl (C=O) groups is 2. The molecule has 1 amide bonds. The van der Waals surface area contributed by atoms with Gasteiger partial charge in [-0.3, -0.25) is 14.5 Å². The van der Waals surface area contributed by atoms with Crippen molar-refractivity contribution in [1.82, 2.24) is 14.9 Å². The highest BCUT2D eigenvalue weighted by atomic mass is 35.5. The monoisotopic (exact) mass is 549 g/mol. The lowest BCUT2D eigenvalue weighted by atomic mass is 10.1. The van der Waals surface area contributed by atoms with Gasteiger partial charge in [-0.2, -0.15) is 0 Å². The fraction of sp³-hybridized carbons (Fsp3) is 0.250. The summed E-state index contributed by atoms with van der Waals surface area (Å²) in [6.07, 6.45) is 0. The molecule has 3 N–H and O–H groups in total. The molecule has 0 spiro atoms. The van der Waals surface area contributed by atoms with E-state index in [9.17, 15) is 9.59 Å². The second-order valence-electron chi connectivity index (χ2n) is 9.09. The third-order valence-electron chi connectivity index (χ3n) is 6.66. The summed E-state index contributed by atoms with van der Waals surface area (Å²) in [5.74, 6) is -0.932. The third kappa shape index (κ3) is 5.65. The molecule has 0 saturated carbocycles. The average molecular weight is 550 g/mol. The normalized spacial score (nSPS) is 14.9. The van der Waals surface area contributed by atoms with Gasteiger partial charge in [-0.1, -0.05) is 65.8 Å². The molecule has 0 radical (unpaired) electrons. The van der Waals surface area contributed by atoms with E-state index in [2.05, 4.69) is 38.0 Å². The summed E-state index contributed by atoms with van der Waals surface area (Å²) in [6, 6.07) is 21.2. The first-order chi connectivity index (χ1) is 18.4. The van der Waals surface area contributed by atoms with Crippen LogP contribution in [0.1, 0.15) is 26.7 Å². The molecule has 196 valence electrons. The van der Waals surface area contributed by atoms with Gasteiger partial charge < -0.3 is 20.4 Å². The Kier molecular flexibility index (Phi) is 7.87. The lowest BCUT2D eigenvalue weighted by Gasteiger charge is -2.36. The van der Waals surface area contributed by atoms with Crippen molar-refractivity contribution in [3.63, 3.8) is 0 Å². The van der Waals surface area contributed by atoms with E-state index >= 15 is 0 Å². The molecule has 1 saturated heterocycles. The number of piperazine rings is 1. The number of aromatic amines is 1. The van der Waals surface area contributed by atoms with Gasteiger partial charge in [0.05, 0.1) is 28.9 Å². The number of thioether (sulfide) groups is 1. The fourth-order valence-corrected chi connectivity index (χ4v) is 5.92. The van der Waals surface area contributed by atoms with E-state index in [0.29, 0.717) is 21.8 Å². The summed E-state index contributed by atoms with van der Waals surface area (Å²) in [4.78, 5) is 36.9. The van der Waals surface area contributed by atoms with Crippen LogP contribution in [0.2, 0.25) is 5.02 Å². The Morgan fingerprint density at radius 2 is 1.79 bits per heavy atom. The molecule has 10 heteroatoms. The highest BCUT2D eigenvalue weighted by Gasteiger charge is 2.25. The van der Waals surface area contributed by atoms with Crippen LogP contribution < -0.4 is 10.6 Å². The Morgan fingerprint density at radius 1 is 1.05 bits per heavy atom. The number of ether oxygens (including phenoxy) is 1. The summed E-state index contributed by atoms with van der Waals surface area (Å²) in [5, 5.41) is 0.667. The van der Waals surface area contributed by atoms with Crippen LogP contribution in [-0.4, -0.2) is 60.0 Å². The summed E-state index contributed by atoms with van der Waals surface area (Å²) in [7, 11) is 1.37. The summed E-state index contributed by atoms with van der Waals surface area (Å²) >= 11 is 7.61. The zero-order chi connectivity index (χ0) is 26.6. The van der Waals surface area contributed by atoms with Crippen LogP contribution in [0.3, 0.4) is 0 Å². The van der Waals surface area contributed by atoms with Crippen LogP contribution in [0, 0.1) is 0 Å². The molecule has 0 aliphatic carbocycles. The number of nitrogens with one attached hydrogen (secondary N) is 1. The molecule has 1 aliphatic rings. The van der Waals surface area contributed by atoms with Crippen LogP contribution in [0.15, 0.2) is 71.9 Å². The second kappa shape index (κ2) is 11.5. The minimum atomic E-state index is -0.620. The van der Waals surface area contributed by atoms with Crippen molar-refractivity contribution in [2.24, 2.45) is 5.73 Å².